The van der Waals surface area contributed by atoms with Crippen molar-refractivity contribution in [3.05, 3.63) is 35.7 Å². The molecule has 1 aromatic rings. The molecule has 0 aromatic heterocycles. The van der Waals surface area contributed by atoms with Crippen LogP contribution in [0.4, 0.5) is 11.4 Å². The van der Waals surface area contributed by atoms with Gasteiger partial charge in [-0.2, -0.15) is 0 Å². The predicted molar refractivity (Wildman–Crippen MR) is 85.1 cm³/mol. The molecule has 0 saturated carbocycles. The monoisotopic (exact) mass is 323 g/mol. The molecule has 0 bridgehead atoms. The minimum atomic E-state index is -0.456. The Morgan fingerprint density at radius 2 is 2.05 bits per heavy atom. The van der Waals surface area contributed by atoms with Crippen LogP contribution in [0.15, 0.2) is 24.3 Å². The number of halogens is 1. The molecule has 0 unspecified atom stereocenters. The average molecular weight is 324 g/mol. The van der Waals surface area contributed by atoms with Crippen LogP contribution in [0.25, 0.3) is 4.85 Å². The molecule has 0 aliphatic carbocycles. The normalized spacial score (nSPS) is 9.68. The second-order valence-electron chi connectivity index (χ2n) is 4.34. The smallest absolute Gasteiger partial charge is 0.325 e. The quantitative estimate of drug-likeness (QED) is 0.453. The Morgan fingerprint density at radius 3 is 2.59 bits per heavy atom. The summed E-state index contributed by atoms with van der Waals surface area (Å²) in [6, 6.07) is 6.98. The lowest BCUT2D eigenvalue weighted by Gasteiger charge is -2.21. The number of amides is 1. The van der Waals surface area contributed by atoms with E-state index in [4.69, 9.17) is 22.9 Å². The molecule has 118 valence electrons. The third-order valence-corrected chi connectivity index (χ3v) is 3.03. The number of nitrogens with zero attached hydrogens (tertiary/aromatic N) is 2. The van der Waals surface area contributed by atoms with E-state index < -0.39 is 5.97 Å². The minimum Gasteiger partial charge on any atom is -0.465 e. The molecule has 0 radical (unpaired) electrons. The number of hydrogen-bond acceptors (Lipinski definition) is 4. The molecule has 0 heterocycles. The first-order chi connectivity index (χ1) is 10.6. The zero-order valence-corrected chi connectivity index (χ0v) is 13.1. The maximum absolute atomic E-state index is 11.7. The summed E-state index contributed by atoms with van der Waals surface area (Å²) >= 11 is 5.54. The van der Waals surface area contributed by atoms with Crippen LogP contribution in [0.2, 0.25) is 0 Å². The second-order valence-corrected chi connectivity index (χ2v) is 4.61. The Labute approximate surface area is 134 Å². The van der Waals surface area contributed by atoms with Crippen LogP contribution in [-0.2, 0) is 14.3 Å². The number of rotatable bonds is 8. The molecule has 0 aliphatic heterocycles. The lowest BCUT2D eigenvalue weighted by atomic mass is 10.3. The van der Waals surface area contributed by atoms with Gasteiger partial charge in [0.05, 0.1) is 13.2 Å². The summed E-state index contributed by atoms with van der Waals surface area (Å²) in [7, 11) is 0. The van der Waals surface area contributed by atoms with E-state index in [-0.39, 0.29) is 24.9 Å². The summed E-state index contributed by atoms with van der Waals surface area (Å²) in [6.07, 6.45) is 0. The number of anilines is 1. The third kappa shape index (κ3) is 6.02. The number of alkyl halides is 1. The van der Waals surface area contributed by atoms with Crippen LogP contribution < -0.4 is 5.32 Å². The van der Waals surface area contributed by atoms with Gasteiger partial charge in [0.1, 0.15) is 12.4 Å². The number of esters is 1. The maximum Gasteiger partial charge on any atom is 0.325 e. The molecule has 0 fully saturated rings. The predicted octanol–water partition coefficient (Wildman–Crippen LogP) is 2.28. The first kappa shape index (κ1) is 17.8. The largest absolute Gasteiger partial charge is 0.465 e. The van der Waals surface area contributed by atoms with Gasteiger partial charge in [0.15, 0.2) is 5.69 Å². The van der Waals surface area contributed by atoms with Crippen molar-refractivity contribution in [3.63, 3.8) is 0 Å². The van der Waals surface area contributed by atoms with Gasteiger partial charge in [-0.05, 0) is 19.1 Å². The first-order valence-corrected chi connectivity index (χ1v) is 7.35. The van der Waals surface area contributed by atoms with E-state index >= 15 is 0 Å². The SMILES string of the molecule is [C-]#[N+]c1ccc(NCCN(CC(=O)OCC)C(=O)CCl)cc1. The summed E-state index contributed by atoms with van der Waals surface area (Å²) < 4.78 is 4.83. The fourth-order valence-electron chi connectivity index (χ4n) is 1.73. The fraction of sp³-hybridized carbons (Fsp3) is 0.400. The van der Waals surface area contributed by atoms with Gasteiger partial charge in [-0.25, -0.2) is 4.85 Å². The van der Waals surface area contributed by atoms with Crippen molar-refractivity contribution in [2.45, 2.75) is 6.92 Å². The summed E-state index contributed by atoms with van der Waals surface area (Å²) in [5.74, 6) is -0.957. The molecule has 1 N–H and O–H groups in total. The lowest BCUT2D eigenvalue weighted by molar-refractivity contribution is -0.148. The Balaban J connectivity index is 2.50. The Bertz CT molecular complexity index is 540. The van der Waals surface area contributed by atoms with Crippen molar-refractivity contribution in [2.24, 2.45) is 0 Å². The number of benzene rings is 1. The van der Waals surface area contributed by atoms with Crippen molar-refractivity contribution < 1.29 is 14.3 Å². The highest BCUT2D eigenvalue weighted by Gasteiger charge is 2.16. The average Bonchev–Trinajstić information content (AvgIpc) is 2.54. The minimum absolute atomic E-state index is 0.113. The number of carbonyl (C=O) groups is 2. The summed E-state index contributed by atoms with van der Waals surface area (Å²) in [6.45, 7) is 9.53. The highest BCUT2D eigenvalue weighted by molar-refractivity contribution is 6.27. The highest BCUT2D eigenvalue weighted by Crippen LogP contribution is 2.15. The summed E-state index contributed by atoms with van der Waals surface area (Å²) in [5, 5.41) is 3.12. The van der Waals surface area contributed by atoms with Gasteiger partial charge < -0.3 is 15.0 Å². The van der Waals surface area contributed by atoms with E-state index in [1.165, 1.54) is 4.90 Å². The molecule has 1 rings (SSSR count). The Morgan fingerprint density at radius 1 is 1.36 bits per heavy atom. The van der Waals surface area contributed by atoms with E-state index in [1.807, 2.05) is 0 Å². The fourth-order valence-corrected chi connectivity index (χ4v) is 1.90. The van der Waals surface area contributed by atoms with Gasteiger partial charge in [-0.1, -0.05) is 12.1 Å². The Hall–Kier alpha value is -2.26. The molecule has 0 spiro atoms. The molecular formula is C15H18ClN3O3. The van der Waals surface area contributed by atoms with Gasteiger partial charge in [-0.15, -0.1) is 11.6 Å². The van der Waals surface area contributed by atoms with Crippen molar-refractivity contribution in [1.82, 2.24) is 4.90 Å². The van der Waals surface area contributed by atoms with Crippen molar-refractivity contribution in [1.29, 1.82) is 0 Å². The van der Waals surface area contributed by atoms with E-state index in [0.29, 0.717) is 18.8 Å². The van der Waals surface area contributed by atoms with Crippen LogP contribution in [0, 0.1) is 6.57 Å². The number of carbonyl (C=O) groups excluding carboxylic acids is 2. The van der Waals surface area contributed by atoms with Crippen LogP contribution in [0.1, 0.15) is 6.92 Å². The molecule has 0 saturated heterocycles. The number of hydrogen-bond donors (Lipinski definition) is 1. The van der Waals surface area contributed by atoms with Gasteiger partial charge >= 0.3 is 5.97 Å². The number of nitrogens with one attached hydrogen (secondary N) is 1. The third-order valence-electron chi connectivity index (χ3n) is 2.80. The molecule has 0 atom stereocenters. The molecular weight excluding hydrogens is 306 g/mol. The molecule has 6 nitrogen and oxygen atoms in total. The Kier molecular flexibility index (Phi) is 7.79. The topological polar surface area (TPSA) is 63.0 Å². The molecule has 1 aromatic carbocycles. The number of ether oxygens (including phenoxy) is 1. The van der Waals surface area contributed by atoms with Crippen LogP contribution in [0.5, 0.6) is 0 Å². The van der Waals surface area contributed by atoms with E-state index in [1.54, 1.807) is 31.2 Å². The second kappa shape index (κ2) is 9.64. The maximum atomic E-state index is 11.7. The van der Waals surface area contributed by atoms with Gasteiger partial charge in [-0.3, -0.25) is 9.59 Å². The van der Waals surface area contributed by atoms with E-state index in [9.17, 15) is 9.59 Å². The zero-order valence-electron chi connectivity index (χ0n) is 12.3. The molecule has 1 amide bonds. The molecule has 7 heteroatoms. The van der Waals surface area contributed by atoms with Gasteiger partial charge in [0.25, 0.3) is 0 Å². The summed E-state index contributed by atoms with van der Waals surface area (Å²) in [4.78, 5) is 27.8. The van der Waals surface area contributed by atoms with Crippen molar-refractivity contribution in [2.75, 3.05) is 37.4 Å². The highest BCUT2D eigenvalue weighted by atomic mass is 35.5. The zero-order chi connectivity index (χ0) is 16.4. The molecule has 22 heavy (non-hydrogen) atoms. The van der Waals surface area contributed by atoms with Crippen LogP contribution in [0.3, 0.4) is 0 Å². The van der Waals surface area contributed by atoms with E-state index in [0.717, 1.165) is 5.69 Å². The van der Waals surface area contributed by atoms with E-state index in [2.05, 4.69) is 10.2 Å². The lowest BCUT2D eigenvalue weighted by Crippen LogP contribution is -2.40. The summed E-state index contributed by atoms with van der Waals surface area (Å²) in [5.41, 5.74) is 1.40. The van der Waals surface area contributed by atoms with Crippen molar-refractivity contribution >= 4 is 34.9 Å². The van der Waals surface area contributed by atoms with Gasteiger partial charge in [0, 0.05) is 18.8 Å². The van der Waals surface area contributed by atoms with Crippen molar-refractivity contribution in [3.8, 4) is 0 Å². The standard InChI is InChI=1S/C15H18ClN3O3/c1-3-22-15(21)11-19(14(20)10-16)9-8-18-13-6-4-12(17-2)5-7-13/h4-7,18H,3,8-11H2,1H3. The van der Waals surface area contributed by atoms with Gasteiger partial charge in [0.2, 0.25) is 5.91 Å². The van der Waals surface area contributed by atoms with Crippen LogP contribution >= 0.6 is 11.6 Å². The first-order valence-electron chi connectivity index (χ1n) is 6.81. The van der Waals surface area contributed by atoms with Crippen LogP contribution in [-0.4, -0.2) is 48.9 Å². The molecule has 0 aliphatic rings.